The van der Waals surface area contributed by atoms with Crippen molar-refractivity contribution in [3.05, 3.63) is 29.5 Å². The first-order chi connectivity index (χ1) is 5.74. The number of nitrogens with one attached hydrogen (secondary N) is 1. The van der Waals surface area contributed by atoms with Crippen molar-refractivity contribution in [2.45, 2.75) is 6.54 Å². The van der Waals surface area contributed by atoms with Gasteiger partial charge in [-0.25, -0.2) is 5.84 Å². The van der Waals surface area contributed by atoms with E-state index in [2.05, 4.69) is 0 Å². The van der Waals surface area contributed by atoms with Gasteiger partial charge in [0.1, 0.15) is 0 Å². The number of aromatic nitrogens is 1. The van der Waals surface area contributed by atoms with Crippen LogP contribution in [0.3, 0.4) is 0 Å². The van der Waals surface area contributed by atoms with E-state index in [0.717, 1.165) is 0 Å². The van der Waals surface area contributed by atoms with Crippen LogP contribution in [0.15, 0.2) is 24.4 Å². The Labute approximate surface area is 74.9 Å². The fraction of sp³-hybridized carbons (Fsp3) is 0.143. The lowest BCUT2D eigenvalue weighted by Crippen LogP contribution is -2.45. The van der Waals surface area contributed by atoms with E-state index in [1.54, 1.807) is 29.0 Å². The summed E-state index contributed by atoms with van der Waals surface area (Å²) >= 11 is 5.77. The van der Waals surface area contributed by atoms with E-state index in [-0.39, 0.29) is 12.5 Å². The maximum absolute atomic E-state index is 10.8. The van der Waals surface area contributed by atoms with E-state index < -0.39 is 0 Å². The number of nitrogens with two attached hydrogens (primary N) is 1. The Morgan fingerprint density at radius 1 is 1.67 bits per heavy atom. The van der Waals surface area contributed by atoms with Crippen LogP contribution in [0.4, 0.5) is 0 Å². The number of halogens is 1. The number of nitrogens with zero attached hydrogens (tertiary/aromatic N) is 1. The summed E-state index contributed by atoms with van der Waals surface area (Å²) in [5.74, 6) is 4.63. The molecule has 0 spiro atoms. The number of amides is 1. The molecule has 1 heterocycles. The van der Waals surface area contributed by atoms with Gasteiger partial charge in [-0.05, 0) is 17.7 Å². The zero-order valence-corrected chi connectivity index (χ0v) is 7.08. The highest BCUT2D eigenvalue weighted by Crippen LogP contribution is 1.97. The van der Waals surface area contributed by atoms with Crippen LogP contribution in [-0.4, -0.2) is 5.91 Å². The molecule has 0 unspecified atom stereocenters. The molecule has 64 valence electrons. The summed E-state index contributed by atoms with van der Waals surface area (Å²) < 4.78 is 1.59. The van der Waals surface area contributed by atoms with Gasteiger partial charge in [0.15, 0.2) is 6.20 Å². The molecule has 0 saturated carbocycles. The van der Waals surface area contributed by atoms with Gasteiger partial charge >= 0.3 is 0 Å². The van der Waals surface area contributed by atoms with Gasteiger partial charge in [0.25, 0.3) is 11.1 Å². The molecular formula is C7H9ClN3O+. The fourth-order valence-corrected chi connectivity index (χ4v) is 0.973. The monoisotopic (exact) mass is 186 g/mol. The minimum atomic E-state index is -0.284. The number of hydrogen-bond acceptors (Lipinski definition) is 2. The van der Waals surface area contributed by atoms with Crippen LogP contribution in [0.2, 0.25) is 5.15 Å². The van der Waals surface area contributed by atoms with Gasteiger partial charge in [-0.3, -0.25) is 10.2 Å². The summed E-state index contributed by atoms with van der Waals surface area (Å²) in [5, 5.41) is 0.501. The lowest BCUT2D eigenvalue weighted by molar-refractivity contribution is -0.682. The zero-order valence-electron chi connectivity index (χ0n) is 6.33. The average molecular weight is 187 g/mol. The summed E-state index contributed by atoms with van der Waals surface area (Å²) in [4.78, 5) is 10.8. The average Bonchev–Trinajstić information content (AvgIpc) is 2.09. The van der Waals surface area contributed by atoms with Gasteiger partial charge in [-0.2, -0.15) is 4.57 Å². The molecule has 0 aliphatic carbocycles. The highest BCUT2D eigenvalue weighted by atomic mass is 35.5. The predicted molar refractivity (Wildman–Crippen MR) is 44.0 cm³/mol. The zero-order chi connectivity index (χ0) is 8.97. The lowest BCUT2D eigenvalue weighted by Gasteiger charge is -1.96. The molecule has 0 saturated heterocycles. The van der Waals surface area contributed by atoms with E-state index in [0.29, 0.717) is 5.15 Å². The van der Waals surface area contributed by atoms with E-state index in [9.17, 15) is 4.79 Å². The second-order valence-electron chi connectivity index (χ2n) is 2.22. The van der Waals surface area contributed by atoms with Gasteiger partial charge in [-0.15, -0.1) is 0 Å². The minimum Gasteiger partial charge on any atom is -0.289 e. The number of rotatable bonds is 2. The van der Waals surface area contributed by atoms with E-state index >= 15 is 0 Å². The SMILES string of the molecule is NNC(=O)C[n+]1ccccc1Cl. The molecule has 4 nitrogen and oxygen atoms in total. The molecule has 0 atom stereocenters. The van der Waals surface area contributed by atoms with Crippen molar-refractivity contribution in [2.75, 3.05) is 0 Å². The molecule has 1 rings (SSSR count). The van der Waals surface area contributed by atoms with Gasteiger partial charge in [0, 0.05) is 12.1 Å². The van der Waals surface area contributed by atoms with Crippen LogP contribution in [0.1, 0.15) is 0 Å². The lowest BCUT2D eigenvalue weighted by atomic mass is 10.4. The molecule has 0 radical (unpaired) electrons. The summed E-state index contributed by atoms with van der Waals surface area (Å²) in [5.41, 5.74) is 2.02. The van der Waals surface area contributed by atoms with E-state index in [1.807, 2.05) is 5.43 Å². The summed E-state index contributed by atoms with van der Waals surface area (Å²) in [7, 11) is 0. The topological polar surface area (TPSA) is 59.0 Å². The Bertz CT molecular complexity index is 290. The summed E-state index contributed by atoms with van der Waals surface area (Å²) in [6.07, 6.45) is 1.71. The number of pyridine rings is 1. The molecule has 0 aliphatic heterocycles. The summed E-state index contributed by atoms with van der Waals surface area (Å²) in [6.45, 7) is 0.135. The minimum absolute atomic E-state index is 0.135. The molecule has 12 heavy (non-hydrogen) atoms. The quantitative estimate of drug-likeness (QED) is 0.218. The predicted octanol–water partition coefficient (Wildman–Crippen LogP) is -0.383. The van der Waals surface area contributed by atoms with Crippen LogP contribution in [0.5, 0.6) is 0 Å². The molecule has 0 aliphatic rings. The second-order valence-corrected chi connectivity index (χ2v) is 2.61. The molecule has 1 aromatic heterocycles. The van der Waals surface area contributed by atoms with E-state index in [4.69, 9.17) is 17.4 Å². The number of carbonyl (C=O) groups excluding carboxylic acids is 1. The van der Waals surface area contributed by atoms with Crippen molar-refractivity contribution in [3.63, 3.8) is 0 Å². The molecular weight excluding hydrogens is 178 g/mol. The third-order valence-electron chi connectivity index (χ3n) is 1.36. The molecule has 1 aromatic rings. The standard InChI is InChI=1S/C7H8ClN3O/c8-6-3-1-2-4-11(6)5-7(12)10-9/h1-4H,5,9H2/p+1. The first kappa shape index (κ1) is 8.96. The maximum Gasteiger partial charge on any atom is 0.299 e. The molecule has 3 N–H and O–H groups in total. The Morgan fingerprint density at radius 2 is 2.42 bits per heavy atom. The first-order valence-corrected chi connectivity index (χ1v) is 3.75. The van der Waals surface area contributed by atoms with Crippen molar-refractivity contribution < 1.29 is 9.36 Å². The van der Waals surface area contributed by atoms with Crippen molar-refractivity contribution in [1.82, 2.24) is 5.43 Å². The number of carbonyl (C=O) groups is 1. The van der Waals surface area contributed by atoms with Crippen molar-refractivity contribution in [3.8, 4) is 0 Å². The van der Waals surface area contributed by atoms with Crippen LogP contribution in [0, 0.1) is 0 Å². The Balaban J connectivity index is 2.75. The van der Waals surface area contributed by atoms with Crippen LogP contribution in [0.25, 0.3) is 0 Å². The van der Waals surface area contributed by atoms with Gasteiger partial charge in [-0.1, -0.05) is 0 Å². The van der Waals surface area contributed by atoms with Crippen molar-refractivity contribution >= 4 is 17.5 Å². The fourth-order valence-electron chi connectivity index (χ4n) is 0.784. The second kappa shape index (κ2) is 4.04. The van der Waals surface area contributed by atoms with Gasteiger partial charge in [0.2, 0.25) is 6.54 Å². The smallest absolute Gasteiger partial charge is 0.289 e. The summed E-state index contributed by atoms with van der Waals surface area (Å²) in [6, 6.07) is 5.28. The normalized spacial score (nSPS) is 9.50. The Hall–Kier alpha value is -1.13. The number of hydrazine groups is 1. The highest BCUT2D eigenvalue weighted by molar-refractivity contribution is 6.28. The first-order valence-electron chi connectivity index (χ1n) is 3.37. The third-order valence-corrected chi connectivity index (χ3v) is 1.70. The van der Waals surface area contributed by atoms with Crippen LogP contribution < -0.4 is 15.8 Å². The van der Waals surface area contributed by atoms with Gasteiger partial charge < -0.3 is 0 Å². The third kappa shape index (κ3) is 2.18. The van der Waals surface area contributed by atoms with Crippen molar-refractivity contribution in [2.24, 2.45) is 5.84 Å². The molecule has 5 heteroatoms. The molecule has 0 fully saturated rings. The number of hydrogen-bond donors (Lipinski definition) is 2. The van der Waals surface area contributed by atoms with Crippen LogP contribution in [-0.2, 0) is 11.3 Å². The molecule has 1 amide bonds. The highest BCUT2D eigenvalue weighted by Gasteiger charge is 2.10. The van der Waals surface area contributed by atoms with Gasteiger partial charge in [0.05, 0.1) is 0 Å². The van der Waals surface area contributed by atoms with Crippen LogP contribution >= 0.6 is 11.6 Å². The molecule has 0 aromatic carbocycles. The maximum atomic E-state index is 10.8. The molecule has 0 bridgehead atoms. The largest absolute Gasteiger partial charge is 0.299 e. The Kier molecular flexibility index (Phi) is 3.01. The van der Waals surface area contributed by atoms with E-state index in [1.165, 1.54) is 0 Å². The Morgan fingerprint density at radius 3 is 3.00 bits per heavy atom. The van der Waals surface area contributed by atoms with Crippen molar-refractivity contribution in [1.29, 1.82) is 0 Å².